The summed E-state index contributed by atoms with van der Waals surface area (Å²) in [7, 11) is 0. The monoisotopic (exact) mass is 332 g/mol. The standard InChI is InChI=1S/C21H20N2S/c1-2-6-17-14-23-9-7-21-19(20(23)11-16(17)5-1)12-18(24-21)10-15-4-3-8-22-13-15/h1-6,8,12-13,20H,7,9-11,14H2. The summed E-state index contributed by atoms with van der Waals surface area (Å²) in [4.78, 5) is 10.0. The van der Waals surface area contributed by atoms with Crippen LogP contribution in [0.1, 0.15) is 38.0 Å². The quantitative estimate of drug-likeness (QED) is 0.692. The van der Waals surface area contributed by atoms with E-state index >= 15 is 0 Å². The van der Waals surface area contributed by atoms with E-state index in [0.717, 1.165) is 19.4 Å². The number of hydrogen-bond acceptors (Lipinski definition) is 3. The van der Waals surface area contributed by atoms with Crippen LogP contribution in [-0.4, -0.2) is 16.4 Å². The summed E-state index contributed by atoms with van der Waals surface area (Å²) in [5.41, 5.74) is 5.94. The van der Waals surface area contributed by atoms with Crippen LogP contribution in [0.2, 0.25) is 0 Å². The second-order valence-corrected chi connectivity index (χ2v) is 8.06. The van der Waals surface area contributed by atoms with Gasteiger partial charge in [0, 0.05) is 47.7 Å². The zero-order valence-electron chi connectivity index (χ0n) is 13.6. The number of rotatable bonds is 2. The van der Waals surface area contributed by atoms with E-state index in [1.165, 1.54) is 34.5 Å². The number of benzene rings is 1. The van der Waals surface area contributed by atoms with Crippen LogP contribution in [0.25, 0.3) is 0 Å². The smallest absolute Gasteiger partial charge is 0.0403 e. The van der Waals surface area contributed by atoms with Gasteiger partial charge in [-0.05, 0) is 47.2 Å². The van der Waals surface area contributed by atoms with E-state index in [1.807, 2.05) is 29.8 Å². The van der Waals surface area contributed by atoms with Crippen molar-refractivity contribution in [2.24, 2.45) is 0 Å². The van der Waals surface area contributed by atoms with Gasteiger partial charge in [-0.3, -0.25) is 9.88 Å². The lowest BCUT2D eigenvalue weighted by atomic mass is 9.87. The minimum Gasteiger partial charge on any atom is -0.291 e. The number of thiophene rings is 1. The van der Waals surface area contributed by atoms with E-state index in [0.29, 0.717) is 6.04 Å². The van der Waals surface area contributed by atoms with E-state index in [1.54, 1.807) is 10.4 Å². The Morgan fingerprint density at radius 2 is 2.04 bits per heavy atom. The van der Waals surface area contributed by atoms with Gasteiger partial charge in [0.1, 0.15) is 0 Å². The van der Waals surface area contributed by atoms with Crippen LogP contribution in [0.5, 0.6) is 0 Å². The van der Waals surface area contributed by atoms with Crippen molar-refractivity contribution >= 4 is 11.3 Å². The molecule has 2 nitrogen and oxygen atoms in total. The van der Waals surface area contributed by atoms with Crippen LogP contribution in [0, 0.1) is 0 Å². The fraction of sp³-hybridized carbons (Fsp3) is 0.286. The predicted molar refractivity (Wildman–Crippen MR) is 98.4 cm³/mol. The van der Waals surface area contributed by atoms with Gasteiger partial charge in [0.25, 0.3) is 0 Å². The molecule has 0 saturated carbocycles. The van der Waals surface area contributed by atoms with Gasteiger partial charge in [0.15, 0.2) is 0 Å². The number of aromatic nitrogens is 1. The molecule has 0 spiro atoms. The molecule has 0 radical (unpaired) electrons. The molecule has 3 heteroatoms. The SMILES string of the molecule is c1cncc(Cc2cc3c(s2)CCN2Cc4ccccc4CC32)c1. The third-order valence-corrected chi connectivity index (χ3v) is 6.54. The molecule has 0 fully saturated rings. The molecule has 2 aliphatic heterocycles. The van der Waals surface area contributed by atoms with Crippen molar-refractivity contribution in [1.82, 2.24) is 9.88 Å². The second-order valence-electron chi connectivity index (χ2n) is 6.84. The van der Waals surface area contributed by atoms with Crippen LogP contribution in [-0.2, 0) is 25.8 Å². The maximum absolute atomic E-state index is 4.25. The van der Waals surface area contributed by atoms with Crippen LogP contribution in [0.4, 0.5) is 0 Å². The highest BCUT2D eigenvalue weighted by Crippen LogP contribution is 2.41. The second kappa shape index (κ2) is 5.83. The summed E-state index contributed by atoms with van der Waals surface area (Å²) in [6, 6.07) is 16.2. The van der Waals surface area contributed by atoms with Crippen molar-refractivity contribution in [2.45, 2.75) is 31.8 Å². The lowest BCUT2D eigenvalue weighted by Crippen LogP contribution is -2.38. The van der Waals surface area contributed by atoms with Crippen LogP contribution < -0.4 is 0 Å². The fourth-order valence-electron chi connectivity index (χ4n) is 4.13. The molecule has 120 valence electrons. The number of hydrogen-bond donors (Lipinski definition) is 0. The molecule has 1 aromatic carbocycles. The highest BCUT2D eigenvalue weighted by Gasteiger charge is 2.33. The zero-order valence-corrected chi connectivity index (χ0v) is 14.4. The van der Waals surface area contributed by atoms with Crippen molar-refractivity contribution in [2.75, 3.05) is 6.54 Å². The average Bonchev–Trinajstić information content (AvgIpc) is 3.04. The molecular formula is C21H20N2S. The summed E-state index contributed by atoms with van der Waals surface area (Å²) in [5, 5.41) is 0. The van der Waals surface area contributed by atoms with Crippen LogP contribution in [0.15, 0.2) is 54.9 Å². The highest BCUT2D eigenvalue weighted by molar-refractivity contribution is 7.12. The minimum absolute atomic E-state index is 0.572. The van der Waals surface area contributed by atoms with Gasteiger partial charge >= 0.3 is 0 Å². The highest BCUT2D eigenvalue weighted by atomic mass is 32.1. The Kier molecular flexibility index (Phi) is 3.50. The van der Waals surface area contributed by atoms with E-state index in [4.69, 9.17) is 0 Å². The first-order valence-corrected chi connectivity index (χ1v) is 9.50. The van der Waals surface area contributed by atoms with Crippen molar-refractivity contribution in [3.8, 4) is 0 Å². The lowest BCUT2D eigenvalue weighted by Gasteiger charge is -2.40. The van der Waals surface area contributed by atoms with E-state index in [-0.39, 0.29) is 0 Å². The summed E-state index contributed by atoms with van der Waals surface area (Å²) < 4.78 is 0. The van der Waals surface area contributed by atoms with Gasteiger partial charge in [-0.2, -0.15) is 0 Å². The fourth-order valence-corrected chi connectivity index (χ4v) is 5.38. The number of fused-ring (bicyclic) bond motifs is 4. The Balaban J connectivity index is 1.46. The molecule has 24 heavy (non-hydrogen) atoms. The molecule has 5 rings (SSSR count). The Bertz CT molecular complexity index is 869. The summed E-state index contributed by atoms with van der Waals surface area (Å²) in [5.74, 6) is 0. The molecule has 2 aliphatic rings. The molecule has 4 heterocycles. The Hall–Kier alpha value is -1.97. The van der Waals surface area contributed by atoms with Crippen molar-refractivity contribution < 1.29 is 0 Å². The van der Waals surface area contributed by atoms with Crippen LogP contribution >= 0.6 is 11.3 Å². The lowest BCUT2D eigenvalue weighted by molar-refractivity contribution is 0.162. The van der Waals surface area contributed by atoms with Gasteiger partial charge < -0.3 is 0 Å². The Labute approximate surface area is 146 Å². The molecule has 0 bridgehead atoms. The van der Waals surface area contributed by atoms with Gasteiger partial charge in [0.2, 0.25) is 0 Å². The molecule has 0 N–H and O–H groups in total. The summed E-state index contributed by atoms with van der Waals surface area (Å²) >= 11 is 2.01. The van der Waals surface area contributed by atoms with Crippen molar-refractivity contribution in [1.29, 1.82) is 0 Å². The first-order chi connectivity index (χ1) is 11.9. The Morgan fingerprint density at radius 1 is 1.12 bits per heavy atom. The molecular weight excluding hydrogens is 312 g/mol. The number of pyridine rings is 1. The van der Waals surface area contributed by atoms with E-state index < -0.39 is 0 Å². The minimum atomic E-state index is 0.572. The van der Waals surface area contributed by atoms with E-state index in [2.05, 4.69) is 46.3 Å². The van der Waals surface area contributed by atoms with Crippen molar-refractivity contribution in [3.05, 3.63) is 86.9 Å². The molecule has 0 amide bonds. The molecule has 3 aromatic rings. The molecule has 0 saturated heterocycles. The molecule has 2 aromatic heterocycles. The average molecular weight is 332 g/mol. The third-order valence-electron chi connectivity index (χ3n) is 5.32. The maximum atomic E-state index is 4.25. The molecule has 1 unspecified atom stereocenters. The first-order valence-electron chi connectivity index (χ1n) is 8.68. The van der Waals surface area contributed by atoms with E-state index in [9.17, 15) is 0 Å². The maximum Gasteiger partial charge on any atom is 0.0403 e. The van der Waals surface area contributed by atoms with Gasteiger partial charge in [-0.25, -0.2) is 0 Å². The van der Waals surface area contributed by atoms with Crippen molar-refractivity contribution in [3.63, 3.8) is 0 Å². The predicted octanol–water partition coefficient (Wildman–Crippen LogP) is 4.39. The topological polar surface area (TPSA) is 16.1 Å². The number of nitrogens with zero attached hydrogens (tertiary/aromatic N) is 2. The summed E-state index contributed by atoms with van der Waals surface area (Å²) in [6.07, 6.45) is 7.20. The normalized spacial score (nSPS) is 19.4. The molecule has 1 atom stereocenters. The zero-order chi connectivity index (χ0) is 15.9. The summed E-state index contributed by atoms with van der Waals surface area (Å²) in [6.45, 7) is 2.30. The third kappa shape index (κ3) is 2.48. The Morgan fingerprint density at radius 3 is 2.92 bits per heavy atom. The largest absolute Gasteiger partial charge is 0.291 e. The van der Waals surface area contributed by atoms with Gasteiger partial charge in [-0.15, -0.1) is 11.3 Å². The van der Waals surface area contributed by atoms with Gasteiger partial charge in [-0.1, -0.05) is 30.3 Å². The van der Waals surface area contributed by atoms with Crippen LogP contribution in [0.3, 0.4) is 0 Å². The van der Waals surface area contributed by atoms with Gasteiger partial charge in [0.05, 0.1) is 0 Å². The first kappa shape index (κ1) is 14.4. The molecule has 0 aliphatic carbocycles.